The van der Waals surface area contributed by atoms with E-state index in [0.717, 1.165) is 38.5 Å². The van der Waals surface area contributed by atoms with E-state index in [1.807, 2.05) is 0 Å². The van der Waals surface area contributed by atoms with Crippen LogP contribution in [0.1, 0.15) is 5.56 Å². The van der Waals surface area contributed by atoms with Crippen LogP contribution in [0.25, 0.3) is 0 Å². The summed E-state index contributed by atoms with van der Waals surface area (Å²) in [6.07, 6.45) is 3.21. The zero-order valence-electron chi connectivity index (χ0n) is 11.2. The first-order chi connectivity index (χ1) is 9.83. The lowest BCUT2D eigenvalue weighted by molar-refractivity contribution is 0.249. The van der Waals surface area contributed by atoms with Gasteiger partial charge in [0.25, 0.3) is 0 Å². The minimum Gasteiger partial charge on any atom is -0.353 e. The second-order valence-electron chi connectivity index (χ2n) is 4.94. The average Bonchev–Trinajstić information content (AvgIpc) is 2.50. The summed E-state index contributed by atoms with van der Waals surface area (Å²) in [5.74, 6) is 0.848. The molecule has 1 aromatic carbocycles. The van der Waals surface area contributed by atoms with Crippen molar-refractivity contribution in [2.24, 2.45) is 0 Å². The Labute approximate surface area is 124 Å². The molecule has 1 fully saturated rings. The molecule has 20 heavy (non-hydrogen) atoms. The van der Waals surface area contributed by atoms with E-state index in [9.17, 15) is 0 Å². The second kappa shape index (κ2) is 6.20. The van der Waals surface area contributed by atoms with Crippen molar-refractivity contribution in [3.05, 3.63) is 53.4 Å². The Morgan fingerprint density at radius 1 is 1.05 bits per heavy atom. The summed E-state index contributed by atoms with van der Waals surface area (Å²) in [5, 5.41) is 0.629. The minimum atomic E-state index is 0.629. The molecular formula is C15H17ClN4. The Morgan fingerprint density at radius 2 is 1.80 bits per heavy atom. The molecule has 0 spiro atoms. The number of hydrogen-bond donors (Lipinski definition) is 0. The van der Waals surface area contributed by atoms with Gasteiger partial charge in [0, 0.05) is 32.7 Å². The van der Waals surface area contributed by atoms with E-state index >= 15 is 0 Å². The van der Waals surface area contributed by atoms with Crippen molar-refractivity contribution in [2.75, 3.05) is 31.1 Å². The molecule has 0 amide bonds. The summed E-state index contributed by atoms with van der Waals surface area (Å²) in [7, 11) is 0. The Hall–Kier alpha value is -1.65. The zero-order valence-corrected chi connectivity index (χ0v) is 12.0. The molecule has 1 aliphatic heterocycles. The average molecular weight is 289 g/mol. The monoisotopic (exact) mass is 288 g/mol. The molecule has 5 heteroatoms. The highest BCUT2D eigenvalue weighted by atomic mass is 35.5. The maximum absolute atomic E-state index is 6.14. The zero-order chi connectivity index (χ0) is 13.8. The smallest absolute Gasteiger partial charge is 0.150 e. The number of hydrogen-bond acceptors (Lipinski definition) is 4. The van der Waals surface area contributed by atoms with Crippen LogP contribution in [0.3, 0.4) is 0 Å². The summed E-state index contributed by atoms with van der Waals surface area (Å²) >= 11 is 6.14. The van der Waals surface area contributed by atoms with Gasteiger partial charge in [-0.1, -0.05) is 41.9 Å². The predicted octanol–water partition coefficient (Wildman–Crippen LogP) is 2.45. The first-order valence-corrected chi connectivity index (χ1v) is 7.17. The third-order valence-electron chi connectivity index (χ3n) is 3.57. The molecule has 1 aliphatic rings. The molecule has 0 saturated carbocycles. The van der Waals surface area contributed by atoms with Gasteiger partial charge in [0.15, 0.2) is 5.82 Å². The molecule has 2 aromatic rings. The van der Waals surface area contributed by atoms with Gasteiger partial charge in [0.1, 0.15) is 11.3 Å². The summed E-state index contributed by atoms with van der Waals surface area (Å²) in [5.41, 5.74) is 1.36. The lowest BCUT2D eigenvalue weighted by atomic mass is 10.2. The van der Waals surface area contributed by atoms with Crippen LogP contribution in [0, 0.1) is 0 Å². The predicted molar refractivity (Wildman–Crippen MR) is 81.0 cm³/mol. The van der Waals surface area contributed by atoms with Gasteiger partial charge in [0.2, 0.25) is 0 Å². The van der Waals surface area contributed by atoms with Crippen molar-refractivity contribution in [1.82, 2.24) is 14.9 Å². The third-order valence-corrected chi connectivity index (χ3v) is 3.84. The Balaban J connectivity index is 1.59. The van der Waals surface area contributed by atoms with Crippen molar-refractivity contribution < 1.29 is 0 Å². The minimum absolute atomic E-state index is 0.629. The lowest BCUT2D eigenvalue weighted by Gasteiger charge is -2.35. The molecule has 1 saturated heterocycles. The third kappa shape index (κ3) is 3.08. The number of rotatable bonds is 3. The van der Waals surface area contributed by atoms with E-state index in [-0.39, 0.29) is 0 Å². The van der Waals surface area contributed by atoms with Crippen LogP contribution < -0.4 is 4.90 Å². The van der Waals surface area contributed by atoms with E-state index in [2.05, 4.69) is 50.1 Å². The summed E-state index contributed by atoms with van der Waals surface area (Å²) in [4.78, 5) is 12.9. The highest BCUT2D eigenvalue weighted by molar-refractivity contribution is 6.32. The van der Waals surface area contributed by atoms with Gasteiger partial charge in [-0.2, -0.15) is 0 Å². The van der Waals surface area contributed by atoms with Crippen LogP contribution in [0.15, 0.2) is 42.9 Å². The molecule has 0 radical (unpaired) electrons. The second-order valence-corrected chi connectivity index (χ2v) is 5.35. The van der Waals surface area contributed by atoms with Crippen LogP contribution >= 0.6 is 11.6 Å². The fraction of sp³-hybridized carbons (Fsp3) is 0.333. The van der Waals surface area contributed by atoms with Gasteiger partial charge in [-0.15, -0.1) is 0 Å². The van der Waals surface area contributed by atoms with Crippen molar-refractivity contribution in [2.45, 2.75) is 6.54 Å². The molecule has 0 atom stereocenters. The molecule has 1 aromatic heterocycles. The Morgan fingerprint density at radius 3 is 2.50 bits per heavy atom. The van der Waals surface area contributed by atoms with Crippen molar-refractivity contribution in [3.63, 3.8) is 0 Å². The molecule has 0 aliphatic carbocycles. The molecule has 3 rings (SSSR count). The van der Waals surface area contributed by atoms with Crippen LogP contribution in [0.2, 0.25) is 5.02 Å². The lowest BCUT2D eigenvalue weighted by Crippen LogP contribution is -2.46. The van der Waals surface area contributed by atoms with Crippen LogP contribution in [0.5, 0.6) is 0 Å². The maximum atomic E-state index is 6.14. The number of benzene rings is 1. The van der Waals surface area contributed by atoms with Crippen molar-refractivity contribution >= 4 is 17.4 Å². The molecule has 0 bridgehead atoms. The number of piperazine rings is 1. The van der Waals surface area contributed by atoms with E-state index in [1.165, 1.54) is 5.56 Å². The molecule has 104 valence electrons. The number of anilines is 1. The quantitative estimate of drug-likeness (QED) is 0.868. The fourth-order valence-electron chi connectivity index (χ4n) is 2.50. The highest BCUT2D eigenvalue weighted by Crippen LogP contribution is 2.22. The van der Waals surface area contributed by atoms with E-state index in [0.29, 0.717) is 5.02 Å². The number of nitrogens with zero attached hydrogens (tertiary/aromatic N) is 4. The standard InChI is InChI=1S/C15H17ClN4/c16-14-10-17-12-18-15(14)20-8-6-19(7-9-20)11-13-4-2-1-3-5-13/h1-5,10,12H,6-9,11H2. The summed E-state index contributed by atoms with van der Waals surface area (Å²) in [6.45, 7) is 4.95. The largest absolute Gasteiger partial charge is 0.353 e. The SMILES string of the molecule is Clc1cncnc1N1CCN(Cc2ccccc2)CC1. The van der Waals surface area contributed by atoms with Crippen LogP contribution in [-0.4, -0.2) is 41.0 Å². The molecule has 0 unspecified atom stereocenters. The van der Waals surface area contributed by atoms with Crippen LogP contribution in [-0.2, 0) is 6.54 Å². The first-order valence-electron chi connectivity index (χ1n) is 6.79. The van der Waals surface area contributed by atoms with Gasteiger partial charge in [0.05, 0.1) is 6.20 Å². The molecular weight excluding hydrogens is 272 g/mol. The van der Waals surface area contributed by atoms with Gasteiger partial charge in [-0.05, 0) is 5.56 Å². The van der Waals surface area contributed by atoms with Gasteiger partial charge < -0.3 is 4.90 Å². The molecule has 0 N–H and O–H groups in total. The maximum Gasteiger partial charge on any atom is 0.150 e. The fourth-order valence-corrected chi connectivity index (χ4v) is 2.72. The summed E-state index contributed by atoms with van der Waals surface area (Å²) < 4.78 is 0. The Bertz CT molecular complexity index is 553. The van der Waals surface area contributed by atoms with Gasteiger partial charge in [-0.3, -0.25) is 4.90 Å². The van der Waals surface area contributed by atoms with Crippen molar-refractivity contribution in [1.29, 1.82) is 0 Å². The normalized spacial score (nSPS) is 16.4. The van der Waals surface area contributed by atoms with Crippen LogP contribution in [0.4, 0.5) is 5.82 Å². The van der Waals surface area contributed by atoms with Crippen molar-refractivity contribution in [3.8, 4) is 0 Å². The molecule has 4 nitrogen and oxygen atoms in total. The Kier molecular flexibility index (Phi) is 4.14. The number of halogens is 1. The van der Waals surface area contributed by atoms with Gasteiger partial charge in [-0.25, -0.2) is 9.97 Å². The van der Waals surface area contributed by atoms with E-state index in [1.54, 1.807) is 12.5 Å². The first kappa shape index (κ1) is 13.3. The number of aromatic nitrogens is 2. The highest BCUT2D eigenvalue weighted by Gasteiger charge is 2.19. The topological polar surface area (TPSA) is 32.3 Å². The summed E-state index contributed by atoms with van der Waals surface area (Å²) in [6, 6.07) is 10.6. The van der Waals surface area contributed by atoms with E-state index in [4.69, 9.17) is 11.6 Å². The molecule has 2 heterocycles. The van der Waals surface area contributed by atoms with E-state index < -0.39 is 0 Å². The van der Waals surface area contributed by atoms with Gasteiger partial charge >= 0.3 is 0 Å².